The summed E-state index contributed by atoms with van der Waals surface area (Å²) < 4.78 is 0. The number of hydrogen-bond donors (Lipinski definition) is 2. The molecule has 1 aliphatic carbocycles. The van der Waals surface area contributed by atoms with Gasteiger partial charge in [-0.1, -0.05) is 23.2 Å². The summed E-state index contributed by atoms with van der Waals surface area (Å²) in [5.74, 6) is -0.439. The second-order valence-electron chi connectivity index (χ2n) is 4.55. The molecule has 98 valence electrons. The number of primary amides is 1. The molecule has 0 radical (unpaired) electrons. The van der Waals surface area contributed by atoms with Crippen molar-refractivity contribution >= 4 is 29.1 Å². The Morgan fingerprint density at radius 2 is 2.22 bits per heavy atom. The predicted octanol–water partition coefficient (Wildman–Crippen LogP) is 1.37. The number of aliphatic hydroxyl groups excluding tert-OH is 1. The minimum atomic E-state index is -0.611. The number of benzene rings is 1. The van der Waals surface area contributed by atoms with E-state index in [4.69, 9.17) is 28.9 Å². The first-order valence-electron chi connectivity index (χ1n) is 5.54. The number of hydrogen-bond acceptors (Lipinski definition) is 3. The average molecular weight is 289 g/mol. The molecule has 1 aliphatic rings. The standard InChI is InChI=1S/C12H14Cl2N2O2/c1-16(5-11(15)18)12-8-2-6(13)3-9(14)7(8)4-10(12)17/h2-3,10,12,17H,4-5H2,1H3,(H2,15,18)/t10-,12+/m1/s1. The zero-order valence-corrected chi connectivity index (χ0v) is 11.4. The van der Waals surface area contributed by atoms with Crippen LogP contribution in [0.2, 0.25) is 10.0 Å². The van der Waals surface area contributed by atoms with E-state index in [9.17, 15) is 9.90 Å². The zero-order chi connectivity index (χ0) is 13.4. The predicted molar refractivity (Wildman–Crippen MR) is 70.7 cm³/mol. The lowest BCUT2D eigenvalue weighted by Crippen LogP contribution is -2.37. The zero-order valence-electron chi connectivity index (χ0n) is 9.86. The van der Waals surface area contributed by atoms with E-state index in [0.717, 1.165) is 11.1 Å². The highest BCUT2D eigenvalue weighted by molar-refractivity contribution is 6.35. The fraction of sp³-hybridized carbons (Fsp3) is 0.417. The van der Waals surface area contributed by atoms with Gasteiger partial charge in [0.15, 0.2) is 0 Å². The summed E-state index contributed by atoms with van der Waals surface area (Å²) >= 11 is 12.1. The maximum Gasteiger partial charge on any atom is 0.231 e. The Balaban J connectivity index is 2.38. The molecule has 0 heterocycles. The molecule has 1 aromatic carbocycles. The Morgan fingerprint density at radius 3 is 2.83 bits per heavy atom. The van der Waals surface area contributed by atoms with E-state index in [1.165, 1.54) is 0 Å². The maximum absolute atomic E-state index is 11.0. The lowest BCUT2D eigenvalue weighted by molar-refractivity contribution is -0.119. The van der Waals surface area contributed by atoms with Crippen molar-refractivity contribution in [3.63, 3.8) is 0 Å². The van der Waals surface area contributed by atoms with Crippen molar-refractivity contribution in [2.45, 2.75) is 18.6 Å². The van der Waals surface area contributed by atoms with Gasteiger partial charge in [-0.05, 0) is 30.3 Å². The molecule has 3 N–H and O–H groups in total. The van der Waals surface area contributed by atoms with Gasteiger partial charge in [0.1, 0.15) is 0 Å². The quantitative estimate of drug-likeness (QED) is 0.883. The van der Waals surface area contributed by atoms with Gasteiger partial charge in [0.05, 0.1) is 18.7 Å². The molecule has 0 unspecified atom stereocenters. The summed E-state index contributed by atoms with van der Waals surface area (Å²) in [6, 6.07) is 3.13. The lowest BCUT2D eigenvalue weighted by Gasteiger charge is -2.26. The Kier molecular flexibility index (Phi) is 3.82. The molecule has 1 amide bonds. The van der Waals surface area contributed by atoms with Gasteiger partial charge in [-0.15, -0.1) is 0 Å². The summed E-state index contributed by atoms with van der Waals surface area (Å²) in [7, 11) is 1.74. The van der Waals surface area contributed by atoms with Crippen LogP contribution >= 0.6 is 23.2 Å². The number of rotatable bonds is 3. The molecule has 6 heteroatoms. The molecule has 0 saturated carbocycles. The number of fused-ring (bicyclic) bond motifs is 1. The summed E-state index contributed by atoms with van der Waals surface area (Å²) in [6.07, 6.45) is -0.153. The molecule has 2 rings (SSSR count). The van der Waals surface area contributed by atoms with Gasteiger partial charge in [0, 0.05) is 16.5 Å². The number of amides is 1. The van der Waals surface area contributed by atoms with Crippen LogP contribution in [-0.4, -0.2) is 35.6 Å². The van der Waals surface area contributed by atoms with Crippen molar-refractivity contribution in [1.29, 1.82) is 0 Å². The van der Waals surface area contributed by atoms with Gasteiger partial charge in [-0.25, -0.2) is 0 Å². The molecule has 18 heavy (non-hydrogen) atoms. The van der Waals surface area contributed by atoms with Crippen molar-refractivity contribution in [2.75, 3.05) is 13.6 Å². The third kappa shape index (κ3) is 2.47. The maximum atomic E-state index is 11.0. The van der Waals surface area contributed by atoms with Crippen LogP contribution in [0, 0.1) is 0 Å². The van der Waals surface area contributed by atoms with Gasteiger partial charge >= 0.3 is 0 Å². The van der Waals surface area contributed by atoms with Crippen LogP contribution < -0.4 is 5.73 Å². The average Bonchev–Trinajstić information content (AvgIpc) is 2.53. The number of nitrogens with zero attached hydrogens (tertiary/aromatic N) is 1. The minimum Gasteiger partial charge on any atom is -0.391 e. The number of halogens is 2. The molecule has 0 aliphatic heterocycles. The van der Waals surface area contributed by atoms with Gasteiger partial charge < -0.3 is 10.8 Å². The Bertz CT molecular complexity index is 493. The molecule has 0 fully saturated rings. The molecule has 2 atom stereocenters. The first-order valence-corrected chi connectivity index (χ1v) is 6.30. The van der Waals surface area contributed by atoms with Crippen LogP contribution in [0.25, 0.3) is 0 Å². The van der Waals surface area contributed by atoms with E-state index in [1.54, 1.807) is 24.1 Å². The smallest absolute Gasteiger partial charge is 0.231 e. The van der Waals surface area contributed by atoms with Gasteiger partial charge in [-0.2, -0.15) is 0 Å². The van der Waals surface area contributed by atoms with Crippen LogP contribution in [0.5, 0.6) is 0 Å². The summed E-state index contributed by atoms with van der Waals surface area (Å²) in [6.45, 7) is 0.0747. The number of nitrogens with two attached hydrogens (primary N) is 1. The largest absolute Gasteiger partial charge is 0.391 e. The topological polar surface area (TPSA) is 66.6 Å². The monoisotopic (exact) mass is 288 g/mol. The molecule has 4 nitrogen and oxygen atoms in total. The van der Waals surface area contributed by atoms with Crippen LogP contribution in [0.15, 0.2) is 12.1 Å². The van der Waals surface area contributed by atoms with E-state index < -0.39 is 12.0 Å². The summed E-state index contributed by atoms with van der Waals surface area (Å²) in [5, 5.41) is 11.2. The molecule has 0 bridgehead atoms. The minimum absolute atomic E-state index is 0.0747. The second-order valence-corrected chi connectivity index (χ2v) is 5.40. The van der Waals surface area contributed by atoms with Gasteiger partial charge in [0.2, 0.25) is 5.91 Å². The van der Waals surface area contributed by atoms with Crippen LogP contribution in [0.4, 0.5) is 0 Å². The van der Waals surface area contributed by atoms with E-state index in [1.807, 2.05) is 0 Å². The normalized spacial score (nSPS) is 22.3. The van der Waals surface area contributed by atoms with E-state index >= 15 is 0 Å². The highest BCUT2D eigenvalue weighted by Gasteiger charge is 2.35. The van der Waals surface area contributed by atoms with Crippen molar-refractivity contribution in [3.05, 3.63) is 33.3 Å². The highest BCUT2D eigenvalue weighted by atomic mass is 35.5. The van der Waals surface area contributed by atoms with Crippen molar-refractivity contribution in [2.24, 2.45) is 5.73 Å². The Hall–Kier alpha value is -0.810. The fourth-order valence-electron chi connectivity index (χ4n) is 2.51. The number of carbonyl (C=O) groups excluding carboxylic acids is 1. The van der Waals surface area contributed by atoms with E-state index in [0.29, 0.717) is 16.5 Å². The van der Waals surface area contributed by atoms with Crippen molar-refractivity contribution in [3.8, 4) is 0 Å². The van der Waals surface area contributed by atoms with Gasteiger partial charge in [0.25, 0.3) is 0 Å². The van der Waals surface area contributed by atoms with Crippen LogP contribution in [-0.2, 0) is 11.2 Å². The summed E-state index contributed by atoms with van der Waals surface area (Å²) in [5.41, 5.74) is 6.92. The van der Waals surface area contributed by atoms with Gasteiger partial charge in [-0.3, -0.25) is 9.69 Å². The van der Waals surface area contributed by atoms with Crippen molar-refractivity contribution < 1.29 is 9.90 Å². The molecule has 0 aromatic heterocycles. The molecule has 0 spiro atoms. The van der Waals surface area contributed by atoms with E-state index in [2.05, 4.69) is 0 Å². The number of aliphatic hydroxyl groups is 1. The van der Waals surface area contributed by atoms with E-state index in [-0.39, 0.29) is 12.6 Å². The Labute approximate surface area is 115 Å². The lowest BCUT2D eigenvalue weighted by atomic mass is 10.1. The summed E-state index contributed by atoms with van der Waals surface area (Å²) in [4.78, 5) is 12.7. The molecule has 0 saturated heterocycles. The SMILES string of the molecule is CN(CC(N)=O)[C@H]1c2cc(Cl)cc(Cl)c2C[C@H]1O. The molecular weight excluding hydrogens is 275 g/mol. The third-order valence-electron chi connectivity index (χ3n) is 3.17. The third-order valence-corrected chi connectivity index (χ3v) is 3.73. The number of carbonyl (C=O) groups is 1. The molecule has 1 aromatic rings. The number of likely N-dealkylation sites (N-methyl/N-ethyl adjacent to an activating group) is 1. The van der Waals surface area contributed by atoms with Crippen LogP contribution in [0.1, 0.15) is 17.2 Å². The highest BCUT2D eigenvalue weighted by Crippen LogP contribution is 2.40. The first kappa shape index (κ1) is 13.6. The fourth-order valence-corrected chi connectivity index (χ4v) is 3.09. The Morgan fingerprint density at radius 1 is 1.56 bits per heavy atom. The van der Waals surface area contributed by atoms with Crippen LogP contribution in [0.3, 0.4) is 0 Å². The van der Waals surface area contributed by atoms with Crippen molar-refractivity contribution in [1.82, 2.24) is 4.90 Å². The second kappa shape index (κ2) is 5.05. The first-order chi connectivity index (χ1) is 8.40. The molecular formula is C12H14Cl2N2O2.